The molecule has 0 saturated heterocycles. The predicted octanol–water partition coefficient (Wildman–Crippen LogP) is 1.04. The maximum absolute atomic E-state index is 13.4. The number of nitrogens with zero attached hydrogens (tertiary/aromatic N) is 2. The second kappa shape index (κ2) is 21.6. The van der Waals surface area contributed by atoms with Gasteiger partial charge in [-0.25, -0.2) is 0 Å². The van der Waals surface area contributed by atoms with E-state index in [1.54, 1.807) is 37.4 Å². The van der Waals surface area contributed by atoms with Crippen LogP contribution >= 0.6 is 0 Å². The van der Waals surface area contributed by atoms with Crippen molar-refractivity contribution < 1.29 is 38.2 Å². The molecule has 0 fully saturated rings. The van der Waals surface area contributed by atoms with Crippen molar-refractivity contribution in [3.8, 4) is 22.6 Å². The highest BCUT2D eigenvalue weighted by atomic mass is 16.5. The van der Waals surface area contributed by atoms with Gasteiger partial charge in [-0.05, 0) is 73.9 Å². The van der Waals surface area contributed by atoms with E-state index >= 15 is 0 Å². The van der Waals surface area contributed by atoms with Crippen LogP contribution in [0.4, 0.5) is 0 Å². The molecule has 3 rings (SSSR count). The van der Waals surface area contributed by atoms with E-state index in [1.165, 1.54) is 11.9 Å². The number of aryl methyl sites for hydroxylation is 2. The van der Waals surface area contributed by atoms with Crippen LogP contribution in [-0.4, -0.2) is 105 Å². The van der Waals surface area contributed by atoms with Crippen molar-refractivity contribution in [1.82, 2.24) is 31.3 Å². The van der Waals surface area contributed by atoms with Crippen molar-refractivity contribution in [2.45, 2.75) is 39.3 Å². The van der Waals surface area contributed by atoms with Gasteiger partial charge < -0.3 is 41.8 Å². The molecule has 16 heteroatoms. The summed E-state index contributed by atoms with van der Waals surface area (Å²) < 4.78 is 12.1. The zero-order valence-electron chi connectivity index (χ0n) is 32.5. The second-order valence-corrected chi connectivity index (χ2v) is 12.9. The molecule has 0 heterocycles. The summed E-state index contributed by atoms with van der Waals surface area (Å²) >= 11 is 0. The normalized spacial score (nSPS) is 11.6. The standard InChI is InChI=1S/C40H52N8O8/c1-7-37(51)48(6)46-40(54)33(45-36(50)22-43-24-49)20-28-9-12-34(55-16-14-41)31(19-28)32-21-29(10-13-35(32)56-17-15-42)27(4)47(5)38(52)23-44-39(53)30-11-8-25(2)18-26(30)3/h7-13,18-19,21,24,27,33H,1,14-17,20,22-23,41-42H2,2-6H3,(H,43,49)(H,44,53)(H,45,50)(H,46,54). The quantitative estimate of drug-likeness (QED) is 0.0544. The Hall–Kier alpha value is -6.26. The zero-order valence-corrected chi connectivity index (χ0v) is 32.5. The molecule has 8 N–H and O–H groups in total. The Morgan fingerprint density at radius 1 is 0.875 bits per heavy atom. The Bertz CT molecular complexity index is 1900. The van der Waals surface area contributed by atoms with Gasteiger partial charge in [0, 0.05) is 50.3 Å². The Balaban J connectivity index is 2.00. The molecule has 6 amide bonds. The van der Waals surface area contributed by atoms with Gasteiger partial charge in [-0.3, -0.25) is 39.2 Å². The lowest BCUT2D eigenvalue weighted by atomic mass is 9.94. The Morgan fingerprint density at radius 3 is 2.12 bits per heavy atom. The molecule has 0 aliphatic rings. The molecule has 300 valence electrons. The van der Waals surface area contributed by atoms with E-state index in [9.17, 15) is 28.8 Å². The lowest BCUT2D eigenvalue weighted by molar-refractivity contribution is -0.138. The summed E-state index contributed by atoms with van der Waals surface area (Å²) in [4.78, 5) is 76.7. The van der Waals surface area contributed by atoms with Gasteiger partial charge in [0.15, 0.2) is 0 Å². The molecule has 2 unspecified atom stereocenters. The number of amides is 6. The van der Waals surface area contributed by atoms with Gasteiger partial charge in [-0.1, -0.05) is 36.4 Å². The van der Waals surface area contributed by atoms with E-state index < -0.39 is 29.8 Å². The van der Waals surface area contributed by atoms with Crippen LogP contribution in [-0.2, 0) is 30.4 Å². The summed E-state index contributed by atoms with van der Waals surface area (Å²) in [5.74, 6) is -1.68. The van der Waals surface area contributed by atoms with E-state index in [1.807, 2.05) is 45.0 Å². The Morgan fingerprint density at radius 2 is 1.52 bits per heavy atom. The van der Waals surface area contributed by atoms with Gasteiger partial charge >= 0.3 is 0 Å². The minimum absolute atomic E-state index is 0.0426. The third-order valence-corrected chi connectivity index (χ3v) is 8.79. The summed E-state index contributed by atoms with van der Waals surface area (Å²) in [5.41, 5.74) is 18.8. The van der Waals surface area contributed by atoms with Crippen molar-refractivity contribution in [3.05, 3.63) is 95.1 Å². The molecule has 0 radical (unpaired) electrons. The maximum atomic E-state index is 13.4. The van der Waals surface area contributed by atoms with Crippen LogP contribution in [0.5, 0.6) is 11.5 Å². The molecule has 0 spiro atoms. The van der Waals surface area contributed by atoms with Crippen LogP contribution in [0.2, 0.25) is 0 Å². The fourth-order valence-corrected chi connectivity index (χ4v) is 5.67. The van der Waals surface area contributed by atoms with E-state index in [0.717, 1.165) is 27.8 Å². The fraction of sp³-hybridized carbons (Fsp3) is 0.350. The number of nitrogens with two attached hydrogens (primary N) is 2. The number of ether oxygens (including phenoxy) is 2. The first-order valence-electron chi connectivity index (χ1n) is 18.0. The number of hydrazine groups is 1. The van der Waals surface area contributed by atoms with Crippen LogP contribution in [0, 0.1) is 13.8 Å². The first kappa shape index (κ1) is 44.1. The molecule has 0 saturated carbocycles. The molecule has 16 nitrogen and oxygen atoms in total. The van der Waals surface area contributed by atoms with E-state index in [-0.39, 0.29) is 57.6 Å². The molecule has 3 aromatic carbocycles. The fourth-order valence-electron chi connectivity index (χ4n) is 5.67. The first-order chi connectivity index (χ1) is 26.7. The van der Waals surface area contributed by atoms with E-state index in [0.29, 0.717) is 40.2 Å². The predicted molar refractivity (Wildman–Crippen MR) is 211 cm³/mol. The van der Waals surface area contributed by atoms with Gasteiger partial charge in [-0.15, -0.1) is 0 Å². The van der Waals surface area contributed by atoms with Crippen LogP contribution < -0.4 is 42.3 Å². The van der Waals surface area contributed by atoms with Crippen molar-refractivity contribution in [2.24, 2.45) is 11.5 Å². The summed E-state index contributed by atoms with van der Waals surface area (Å²) in [6, 6.07) is 14.5. The van der Waals surface area contributed by atoms with Crippen molar-refractivity contribution in [2.75, 3.05) is 53.5 Å². The van der Waals surface area contributed by atoms with Crippen molar-refractivity contribution in [1.29, 1.82) is 0 Å². The number of nitrogens with one attached hydrogen (secondary N) is 4. The summed E-state index contributed by atoms with van der Waals surface area (Å²) in [5, 5.41) is 8.52. The smallest absolute Gasteiger partial charge is 0.264 e. The highest BCUT2D eigenvalue weighted by molar-refractivity contribution is 5.98. The Labute approximate surface area is 326 Å². The molecular formula is C40H52N8O8. The number of carbonyl (C=O) groups is 6. The summed E-state index contributed by atoms with van der Waals surface area (Å²) in [7, 11) is 2.98. The molecule has 56 heavy (non-hydrogen) atoms. The molecular weight excluding hydrogens is 720 g/mol. The molecule has 0 aliphatic carbocycles. The number of carbonyl (C=O) groups excluding carboxylic acids is 6. The van der Waals surface area contributed by atoms with Crippen LogP contribution in [0.15, 0.2) is 67.3 Å². The maximum Gasteiger partial charge on any atom is 0.264 e. The number of rotatable bonds is 20. The Kier molecular flexibility index (Phi) is 17.0. The van der Waals surface area contributed by atoms with Gasteiger partial charge in [0.25, 0.3) is 17.7 Å². The average Bonchev–Trinajstić information content (AvgIpc) is 3.19. The van der Waals surface area contributed by atoms with E-state index in [4.69, 9.17) is 20.9 Å². The molecule has 0 aliphatic heterocycles. The molecule has 0 aromatic heterocycles. The summed E-state index contributed by atoms with van der Waals surface area (Å²) in [6.07, 6.45) is 1.33. The van der Waals surface area contributed by atoms with Gasteiger partial charge in [0.1, 0.15) is 30.8 Å². The summed E-state index contributed by atoms with van der Waals surface area (Å²) in [6.45, 7) is 9.29. The van der Waals surface area contributed by atoms with Crippen molar-refractivity contribution >= 4 is 35.9 Å². The third kappa shape index (κ3) is 12.4. The van der Waals surface area contributed by atoms with Crippen LogP contribution in [0.3, 0.4) is 0 Å². The average molecular weight is 773 g/mol. The lowest BCUT2D eigenvalue weighted by Gasteiger charge is -2.27. The number of hydrogen-bond donors (Lipinski definition) is 6. The topological polar surface area (TPSA) is 228 Å². The second-order valence-electron chi connectivity index (χ2n) is 12.9. The van der Waals surface area contributed by atoms with Crippen LogP contribution in [0.25, 0.3) is 11.1 Å². The van der Waals surface area contributed by atoms with Gasteiger partial charge in [0.2, 0.25) is 18.2 Å². The van der Waals surface area contributed by atoms with Gasteiger partial charge in [0.05, 0.1) is 19.1 Å². The monoisotopic (exact) mass is 772 g/mol. The van der Waals surface area contributed by atoms with Crippen molar-refractivity contribution in [3.63, 3.8) is 0 Å². The minimum atomic E-state index is -1.19. The largest absolute Gasteiger partial charge is 0.492 e. The molecule has 3 aromatic rings. The first-order valence-corrected chi connectivity index (χ1v) is 18.0. The van der Waals surface area contributed by atoms with Gasteiger partial charge in [-0.2, -0.15) is 0 Å². The number of likely N-dealkylation sites (N-methyl/N-ethyl adjacent to an activating group) is 2. The SMILES string of the molecule is C=CC(=O)N(C)NC(=O)C(Cc1ccc(OCCN)c(-c2cc(C(C)N(C)C(=O)CNC(=O)c3ccc(C)cc3C)ccc2OCCN)c1)NC(=O)CNC=O. The highest BCUT2D eigenvalue weighted by Crippen LogP contribution is 2.39. The lowest BCUT2D eigenvalue weighted by Crippen LogP contribution is -2.54. The molecule has 0 bridgehead atoms. The third-order valence-electron chi connectivity index (χ3n) is 8.79. The van der Waals surface area contributed by atoms with E-state index in [2.05, 4.69) is 28.0 Å². The molecule has 2 atom stereocenters. The zero-order chi connectivity index (χ0) is 41.4. The minimum Gasteiger partial charge on any atom is -0.492 e. The number of benzene rings is 3. The number of hydrogen-bond acceptors (Lipinski definition) is 10. The van der Waals surface area contributed by atoms with Crippen LogP contribution in [0.1, 0.15) is 45.6 Å². The highest BCUT2D eigenvalue weighted by Gasteiger charge is 2.26.